The molecule has 21 heavy (non-hydrogen) atoms. The smallest absolute Gasteiger partial charge is 0.0983 e. The molecule has 0 amide bonds. The second kappa shape index (κ2) is 7.33. The second-order valence-electron chi connectivity index (χ2n) is 5.83. The monoisotopic (exact) mass is 288 g/mol. The van der Waals surface area contributed by atoms with Crippen LogP contribution in [0.15, 0.2) is 30.7 Å². The molecule has 0 bridgehead atoms. The number of aliphatic hydroxyl groups is 1. The Kier molecular flexibility index (Phi) is 5.47. The molecule has 1 atom stereocenters. The van der Waals surface area contributed by atoms with Crippen LogP contribution in [-0.2, 0) is 13.6 Å². The van der Waals surface area contributed by atoms with Crippen LogP contribution in [0.4, 0.5) is 0 Å². The normalized spacial score (nSPS) is 12.8. The van der Waals surface area contributed by atoms with E-state index in [9.17, 15) is 5.11 Å². The van der Waals surface area contributed by atoms with E-state index < -0.39 is 0 Å². The first-order chi connectivity index (χ1) is 10.1. The van der Waals surface area contributed by atoms with E-state index >= 15 is 0 Å². The number of aryl methyl sites for hydroxylation is 1. The number of aromatic nitrogens is 3. The van der Waals surface area contributed by atoms with Gasteiger partial charge < -0.3 is 10.4 Å². The van der Waals surface area contributed by atoms with Gasteiger partial charge in [0.2, 0.25) is 0 Å². The van der Waals surface area contributed by atoms with Gasteiger partial charge in [0.25, 0.3) is 0 Å². The standard InChI is InChI=1S/C16H24N4O/c1-12(2)7-15(21)10-18-9-14-11-20(3)19-16(14)13-5-4-6-17-8-13/h4-6,8,11-12,15,18,21H,7,9-10H2,1-3H3. The van der Waals surface area contributed by atoms with Crippen molar-refractivity contribution in [3.05, 3.63) is 36.3 Å². The quantitative estimate of drug-likeness (QED) is 0.818. The minimum absolute atomic E-state index is 0.302. The highest BCUT2D eigenvalue weighted by atomic mass is 16.3. The molecule has 0 radical (unpaired) electrons. The highest BCUT2D eigenvalue weighted by Gasteiger charge is 2.11. The van der Waals surface area contributed by atoms with Crippen LogP contribution in [0.3, 0.4) is 0 Å². The van der Waals surface area contributed by atoms with E-state index in [-0.39, 0.29) is 6.10 Å². The average molecular weight is 288 g/mol. The van der Waals surface area contributed by atoms with E-state index in [4.69, 9.17) is 0 Å². The van der Waals surface area contributed by atoms with Crippen LogP contribution in [0.5, 0.6) is 0 Å². The molecule has 2 heterocycles. The topological polar surface area (TPSA) is 63.0 Å². The lowest BCUT2D eigenvalue weighted by Crippen LogP contribution is -2.27. The lowest BCUT2D eigenvalue weighted by atomic mass is 10.1. The molecule has 2 aromatic rings. The van der Waals surface area contributed by atoms with Crippen molar-refractivity contribution in [2.45, 2.75) is 32.9 Å². The van der Waals surface area contributed by atoms with Crippen molar-refractivity contribution >= 4 is 0 Å². The van der Waals surface area contributed by atoms with Crippen LogP contribution in [0.1, 0.15) is 25.8 Å². The summed E-state index contributed by atoms with van der Waals surface area (Å²) >= 11 is 0. The van der Waals surface area contributed by atoms with Crippen LogP contribution in [-0.4, -0.2) is 32.5 Å². The SMILES string of the molecule is CC(C)CC(O)CNCc1cn(C)nc1-c1cccnc1. The Morgan fingerprint density at radius 1 is 1.38 bits per heavy atom. The molecule has 0 saturated heterocycles. The zero-order valence-corrected chi connectivity index (χ0v) is 13.0. The highest BCUT2D eigenvalue weighted by Crippen LogP contribution is 2.20. The summed E-state index contributed by atoms with van der Waals surface area (Å²) in [6.45, 7) is 5.52. The summed E-state index contributed by atoms with van der Waals surface area (Å²) in [6.07, 6.45) is 6.09. The maximum atomic E-state index is 9.90. The number of nitrogens with one attached hydrogen (secondary N) is 1. The summed E-state index contributed by atoms with van der Waals surface area (Å²) in [5, 5.41) is 17.7. The Morgan fingerprint density at radius 3 is 2.86 bits per heavy atom. The van der Waals surface area contributed by atoms with Crippen LogP contribution in [0.2, 0.25) is 0 Å². The predicted molar refractivity (Wildman–Crippen MR) is 83.6 cm³/mol. The minimum Gasteiger partial charge on any atom is -0.392 e. The van der Waals surface area contributed by atoms with Crippen molar-refractivity contribution in [2.24, 2.45) is 13.0 Å². The van der Waals surface area contributed by atoms with E-state index in [0.717, 1.165) is 23.2 Å². The molecule has 5 heteroatoms. The van der Waals surface area contributed by atoms with Crippen molar-refractivity contribution < 1.29 is 5.11 Å². The average Bonchev–Trinajstić information content (AvgIpc) is 2.80. The second-order valence-corrected chi connectivity index (χ2v) is 5.83. The molecule has 0 aliphatic carbocycles. The van der Waals surface area contributed by atoms with Crippen LogP contribution in [0, 0.1) is 5.92 Å². The van der Waals surface area contributed by atoms with Gasteiger partial charge in [-0.2, -0.15) is 5.10 Å². The maximum absolute atomic E-state index is 9.90. The summed E-state index contributed by atoms with van der Waals surface area (Å²) < 4.78 is 1.81. The summed E-state index contributed by atoms with van der Waals surface area (Å²) in [5.41, 5.74) is 3.07. The molecule has 2 N–H and O–H groups in total. The van der Waals surface area contributed by atoms with Gasteiger partial charge in [0.05, 0.1) is 11.8 Å². The molecule has 5 nitrogen and oxygen atoms in total. The van der Waals surface area contributed by atoms with Crippen molar-refractivity contribution in [2.75, 3.05) is 6.54 Å². The van der Waals surface area contributed by atoms with Gasteiger partial charge in [-0.05, 0) is 24.5 Å². The van der Waals surface area contributed by atoms with E-state index in [1.165, 1.54) is 0 Å². The van der Waals surface area contributed by atoms with Gasteiger partial charge in [0, 0.05) is 49.9 Å². The molecule has 0 saturated carbocycles. The number of pyridine rings is 1. The Bertz CT molecular complexity index is 551. The molecule has 1 unspecified atom stereocenters. The van der Waals surface area contributed by atoms with Gasteiger partial charge in [-0.15, -0.1) is 0 Å². The molecule has 0 spiro atoms. The van der Waals surface area contributed by atoms with Crippen molar-refractivity contribution in [1.29, 1.82) is 0 Å². The molecule has 2 aromatic heterocycles. The van der Waals surface area contributed by atoms with E-state index in [1.807, 2.05) is 36.3 Å². The Balaban J connectivity index is 1.98. The van der Waals surface area contributed by atoms with Gasteiger partial charge in [0.1, 0.15) is 0 Å². The summed E-state index contributed by atoms with van der Waals surface area (Å²) in [4.78, 5) is 4.14. The summed E-state index contributed by atoms with van der Waals surface area (Å²) in [5.74, 6) is 0.506. The van der Waals surface area contributed by atoms with Crippen LogP contribution in [0.25, 0.3) is 11.3 Å². The third kappa shape index (κ3) is 4.65. The third-order valence-corrected chi connectivity index (χ3v) is 3.28. The summed E-state index contributed by atoms with van der Waals surface area (Å²) in [6, 6.07) is 3.92. The fraction of sp³-hybridized carbons (Fsp3) is 0.500. The molecule has 0 aliphatic rings. The Labute approximate surface area is 126 Å². The largest absolute Gasteiger partial charge is 0.392 e. The molecule has 0 aromatic carbocycles. The van der Waals surface area contributed by atoms with Crippen molar-refractivity contribution in [3.63, 3.8) is 0 Å². The van der Waals surface area contributed by atoms with Gasteiger partial charge in [-0.1, -0.05) is 13.8 Å². The fourth-order valence-corrected chi connectivity index (χ4v) is 2.41. The zero-order chi connectivity index (χ0) is 15.2. The van der Waals surface area contributed by atoms with E-state index in [0.29, 0.717) is 19.0 Å². The number of hydrogen-bond acceptors (Lipinski definition) is 4. The molecule has 114 valence electrons. The predicted octanol–water partition coefficient (Wildman–Crippen LogP) is 1.98. The number of hydrogen-bond donors (Lipinski definition) is 2. The first kappa shape index (κ1) is 15.7. The van der Waals surface area contributed by atoms with E-state index in [1.54, 1.807) is 6.20 Å². The Hall–Kier alpha value is -1.72. The third-order valence-electron chi connectivity index (χ3n) is 3.28. The number of nitrogens with zero attached hydrogens (tertiary/aromatic N) is 3. The van der Waals surface area contributed by atoms with Gasteiger partial charge in [-0.3, -0.25) is 9.67 Å². The van der Waals surface area contributed by atoms with E-state index in [2.05, 4.69) is 29.2 Å². The fourth-order valence-electron chi connectivity index (χ4n) is 2.41. The van der Waals surface area contributed by atoms with Gasteiger partial charge >= 0.3 is 0 Å². The van der Waals surface area contributed by atoms with Gasteiger partial charge in [-0.25, -0.2) is 0 Å². The molecule has 2 rings (SSSR count). The number of aliphatic hydroxyl groups excluding tert-OH is 1. The number of rotatable bonds is 7. The maximum Gasteiger partial charge on any atom is 0.0983 e. The van der Waals surface area contributed by atoms with Crippen LogP contribution >= 0.6 is 0 Å². The van der Waals surface area contributed by atoms with Gasteiger partial charge in [0.15, 0.2) is 0 Å². The molecule has 0 aliphatic heterocycles. The zero-order valence-electron chi connectivity index (χ0n) is 13.0. The van der Waals surface area contributed by atoms with Crippen molar-refractivity contribution in [1.82, 2.24) is 20.1 Å². The lowest BCUT2D eigenvalue weighted by Gasteiger charge is -2.13. The first-order valence-electron chi connectivity index (χ1n) is 7.38. The molecular formula is C16H24N4O. The molecule has 0 fully saturated rings. The highest BCUT2D eigenvalue weighted by molar-refractivity contribution is 5.61. The summed E-state index contributed by atoms with van der Waals surface area (Å²) in [7, 11) is 1.91. The first-order valence-corrected chi connectivity index (χ1v) is 7.38. The van der Waals surface area contributed by atoms with Crippen molar-refractivity contribution in [3.8, 4) is 11.3 Å². The van der Waals surface area contributed by atoms with Crippen LogP contribution < -0.4 is 5.32 Å². The Morgan fingerprint density at radius 2 is 2.19 bits per heavy atom. The molecular weight excluding hydrogens is 264 g/mol. The lowest BCUT2D eigenvalue weighted by molar-refractivity contribution is 0.146. The minimum atomic E-state index is -0.302.